The summed E-state index contributed by atoms with van der Waals surface area (Å²) in [6.45, 7) is 5.59. The van der Waals surface area contributed by atoms with Gasteiger partial charge in [-0.2, -0.15) is 0 Å². The van der Waals surface area contributed by atoms with Gasteiger partial charge in [-0.1, -0.05) is 19.8 Å². The van der Waals surface area contributed by atoms with Crippen LogP contribution in [0.1, 0.15) is 44.6 Å². The molecular formula is C16H28N2O. The van der Waals surface area contributed by atoms with Crippen LogP contribution >= 0.6 is 0 Å². The summed E-state index contributed by atoms with van der Waals surface area (Å²) in [6.07, 6.45) is 10.4. The number of rotatable bonds is 7. The monoisotopic (exact) mass is 264 g/mol. The summed E-state index contributed by atoms with van der Waals surface area (Å²) in [4.78, 5) is 2.43. The van der Waals surface area contributed by atoms with Crippen LogP contribution in [0.5, 0.6) is 0 Å². The lowest BCUT2D eigenvalue weighted by atomic mass is 9.84. The predicted molar refractivity (Wildman–Crippen MR) is 79.1 cm³/mol. The second kappa shape index (κ2) is 7.71. The third kappa shape index (κ3) is 4.66. The summed E-state index contributed by atoms with van der Waals surface area (Å²) in [5, 5.41) is 3.74. The van der Waals surface area contributed by atoms with Crippen LogP contribution in [0, 0.1) is 5.92 Å². The van der Waals surface area contributed by atoms with Gasteiger partial charge >= 0.3 is 0 Å². The van der Waals surface area contributed by atoms with Gasteiger partial charge in [-0.25, -0.2) is 0 Å². The summed E-state index contributed by atoms with van der Waals surface area (Å²) in [7, 11) is 2.22. The molecule has 1 heterocycles. The smallest absolute Gasteiger partial charge is 0.0947 e. The van der Waals surface area contributed by atoms with Crippen molar-refractivity contribution in [1.29, 1.82) is 0 Å². The van der Waals surface area contributed by atoms with Crippen LogP contribution in [-0.2, 0) is 6.54 Å². The van der Waals surface area contributed by atoms with Gasteiger partial charge in [0.15, 0.2) is 0 Å². The molecule has 19 heavy (non-hydrogen) atoms. The minimum Gasteiger partial charge on any atom is -0.472 e. The molecule has 3 nitrogen and oxygen atoms in total. The zero-order valence-corrected chi connectivity index (χ0v) is 12.4. The van der Waals surface area contributed by atoms with Crippen molar-refractivity contribution in [2.24, 2.45) is 5.92 Å². The second-order valence-corrected chi connectivity index (χ2v) is 5.93. The quantitative estimate of drug-likeness (QED) is 0.819. The Morgan fingerprint density at radius 3 is 2.95 bits per heavy atom. The zero-order valence-electron chi connectivity index (χ0n) is 12.4. The SMILES string of the molecule is CCCNC1CCCCC1CN(C)Cc1ccoc1. The summed E-state index contributed by atoms with van der Waals surface area (Å²) >= 11 is 0. The van der Waals surface area contributed by atoms with Gasteiger partial charge in [0.05, 0.1) is 12.5 Å². The molecule has 0 spiro atoms. The lowest BCUT2D eigenvalue weighted by molar-refractivity contribution is 0.185. The van der Waals surface area contributed by atoms with Crippen LogP contribution < -0.4 is 5.32 Å². The van der Waals surface area contributed by atoms with E-state index in [1.807, 2.05) is 6.26 Å². The number of hydrogen-bond donors (Lipinski definition) is 1. The van der Waals surface area contributed by atoms with E-state index in [-0.39, 0.29) is 0 Å². The highest BCUT2D eigenvalue weighted by atomic mass is 16.3. The van der Waals surface area contributed by atoms with Gasteiger partial charge in [-0.3, -0.25) is 0 Å². The van der Waals surface area contributed by atoms with Gasteiger partial charge in [0, 0.05) is 24.7 Å². The van der Waals surface area contributed by atoms with E-state index in [1.54, 1.807) is 6.26 Å². The van der Waals surface area contributed by atoms with Crippen molar-refractivity contribution in [3.8, 4) is 0 Å². The molecule has 1 saturated carbocycles. The molecule has 0 aromatic carbocycles. The van der Waals surface area contributed by atoms with E-state index in [4.69, 9.17) is 4.42 Å². The molecule has 1 N–H and O–H groups in total. The molecule has 0 bridgehead atoms. The number of hydrogen-bond acceptors (Lipinski definition) is 3. The van der Waals surface area contributed by atoms with Gasteiger partial charge in [-0.15, -0.1) is 0 Å². The third-order valence-corrected chi connectivity index (χ3v) is 4.14. The maximum atomic E-state index is 5.14. The minimum atomic E-state index is 0.723. The van der Waals surface area contributed by atoms with Crippen molar-refractivity contribution in [3.63, 3.8) is 0 Å². The number of furan rings is 1. The van der Waals surface area contributed by atoms with Crippen LogP contribution in [0.3, 0.4) is 0 Å². The van der Waals surface area contributed by atoms with Gasteiger partial charge < -0.3 is 14.6 Å². The molecule has 1 aliphatic rings. The Morgan fingerprint density at radius 2 is 2.21 bits per heavy atom. The highest BCUT2D eigenvalue weighted by Crippen LogP contribution is 2.25. The van der Waals surface area contributed by atoms with Crippen molar-refractivity contribution in [3.05, 3.63) is 24.2 Å². The fourth-order valence-corrected chi connectivity index (χ4v) is 3.18. The zero-order chi connectivity index (χ0) is 13.5. The Hall–Kier alpha value is -0.800. The highest BCUT2D eigenvalue weighted by molar-refractivity contribution is 5.04. The minimum absolute atomic E-state index is 0.723. The summed E-state index contributed by atoms with van der Waals surface area (Å²) < 4.78 is 5.14. The molecule has 108 valence electrons. The van der Waals surface area contributed by atoms with Gasteiger partial charge in [0.1, 0.15) is 0 Å². The summed E-state index contributed by atoms with van der Waals surface area (Å²) in [5.41, 5.74) is 1.27. The Kier molecular flexibility index (Phi) is 5.93. The van der Waals surface area contributed by atoms with Gasteiger partial charge in [0.25, 0.3) is 0 Å². The second-order valence-electron chi connectivity index (χ2n) is 5.93. The standard InChI is InChI=1S/C16H28N2O/c1-3-9-17-16-7-5-4-6-15(16)12-18(2)11-14-8-10-19-13-14/h8,10,13,15-17H,3-7,9,11-12H2,1-2H3. The first-order chi connectivity index (χ1) is 9.29. The first-order valence-corrected chi connectivity index (χ1v) is 7.72. The van der Waals surface area contributed by atoms with Crippen molar-refractivity contribution < 1.29 is 4.42 Å². The largest absolute Gasteiger partial charge is 0.472 e. The van der Waals surface area contributed by atoms with E-state index < -0.39 is 0 Å². The van der Waals surface area contributed by atoms with Crippen molar-refractivity contribution in [2.75, 3.05) is 20.1 Å². The molecule has 0 amide bonds. The van der Waals surface area contributed by atoms with Crippen LogP contribution in [0.15, 0.2) is 23.0 Å². The third-order valence-electron chi connectivity index (χ3n) is 4.14. The molecule has 2 atom stereocenters. The fraction of sp³-hybridized carbons (Fsp3) is 0.750. The summed E-state index contributed by atoms with van der Waals surface area (Å²) in [5.74, 6) is 0.803. The number of nitrogens with one attached hydrogen (secondary N) is 1. The first kappa shape index (κ1) is 14.6. The molecule has 0 aliphatic heterocycles. The van der Waals surface area contributed by atoms with Crippen molar-refractivity contribution in [2.45, 2.75) is 51.6 Å². The lowest BCUT2D eigenvalue weighted by Gasteiger charge is -2.35. The molecule has 1 aliphatic carbocycles. The molecule has 3 heteroatoms. The molecule has 2 rings (SSSR count). The highest BCUT2D eigenvalue weighted by Gasteiger charge is 2.25. The fourth-order valence-electron chi connectivity index (χ4n) is 3.18. The van der Waals surface area contributed by atoms with E-state index in [2.05, 4.69) is 30.3 Å². The van der Waals surface area contributed by atoms with Crippen LogP contribution in [0.2, 0.25) is 0 Å². The molecule has 1 aromatic heterocycles. The molecule has 2 unspecified atom stereocenters. The first-order valence-electron chi connectivity index (χ1n) is 7.72. The average molecular weight is 264 g/mol. The van der Waals surface area contributed by atoms with E-state index in [0.717, 1.165) is 25.0 Å². The maximum absolute atomic E-state index is 5.14. The molecule has 0 radical (unpaired) electrons. The lowest BCUT2D eigenvalue weighted by Crippen LogP contribution is -2.43. The van der Waals surface area contributed by atoms with Crippen LogP contribution in [0.4, 0.5) is 0 Å². The van der Waals surface area contributed by atoms with Crippen LogP contribution in [-0.4, -0.2) is 31.1 Å². The Bertz CT molecular complexity index is 337. The van der Waals surface area contributed by atoms with Crippen molar-refractivity contribution >= 4 is 0 Å². The van der Waals surface area contributed by atoms with E-state index >= 15 is 0 Å². The Morgan fingerprint density at radius 1 is 1.37 bits per heavy atom. The molecule has 1 fully saturated rings. The van der Waals surface area contributed by atoms with E-state index in [0.29, 0.717) is 0 Å². The van der Waals surface area contributed by atoms with Gasteiger partial charge in [0.2, 0.25) is 0 Å². The maximum Gasteiger partial charge on any atom is 0.0947 e. The average Bonchev–Trinajstić information content (AvgIpc) is 2.90. The molecule has 1 aromatic rings. The normalized spacial score (nSPS) is 23.9. The van der Waals surface area contributed by atoms with Crippen molar-refractivity contribution in [1.82, 2.24) is 10.2 Å². The molecular weight excluding hydrogens is 236 g/mol. The Balaban J connectivity index is 1.80. The summed E-state index contributed by atoms with van der Waals surface area (Å²) in [6, 6.07) is 2.78. The van der Waals surface area contributed by atoms with E-state index in [9.17, 15) is 0 Å². The molecule has 0 saturated heterocycles. The topological polar surface area (TPSA) is 28.4 Å². The van der Waals surface area contributed by atoms with Crippen LogP contribution in [0.25, 0.3) is 0 Å². The Labute approximate surface area is 117 Å². The van der Waals surface area contributed by atoms with Gasteiger partial charge in [-0.05, 0) is 44.8 Å². The predicted octanol–water partition coefficient (Wildman–Crippen LogP) is 3.27. The number of nitrogens with zero attached hydrogens (tertiary/aromatic N) is 1. The van der Waals surface area contributed by atoms with E-state index in [1.165, 1.54) is 44.2 Å².